The first kappa shape index (κ1) is 21.2. The minimum Gasteiger partial charge on any atom is -0.351 e. The van der Waals surface area contributed by atoms with Crippen molar-refractivity contribution < 1.29 is 21.6 Å². The van der Waals surface area contributed by atoms with Crippen LogP contribution in [-0.2, 0) is 24.8 Å². The van der Waals surface area contributed by atoms with E-state index in [0.29, 0.717) is 38.8 Å². The molecule has 2 saturated heterocycles. The fraction of sp³-hybridized carbons (Fsp3) is 0.611. The molecule has 10 heteroatoms. The Hall–Kier alpha value is -1.49. The van der Waals surface area contributed by atoms with Crippen LogP contribution in [0.15, 0.2) is 35.2 Å². The average Bonchev–Trinajstić information content (AvgIpc) is 2.68. The maximum Gasteiger partial charge on any atom is 0.243 e. The van der Waals surface area contributed by atoms with E-state index in [1.54, 1.807) is 18.2 Å². The third-order valence-electron chi connectivity index (χ3n) is 5.31. The van der Waals surface area contributed by atoms with Gasteiger partial charge in [-0.1, -0.05) is 24.6 Å². The summed E-state index contributed by atoms with van der Waals surface area (Å²) in [6, 6.07) is 7.05. The summed E-state index contributed by atoms with van der Waals surface area (Å²) in [5.41, 5.74) is 0. The zero-order valence-electron chi connectivity index (χ0n) is 16.0. The summed E-state index contributed by atoms with van der Waals surface area (Å²) in [6.45, 7) is 0.974. The molecule has 2 fully saturated rings. The SMILES string of the molecule is CS(=O)(=O)N1CCCC(NC(=O)C2CCCCN2S(=O)(=O)c2ccccc2)C1. The molecule has 0 radical (unpaired) electrons. The van der Waals surface area contributed by atoms with Gasteiger partial charge in [0.2, 0.25) is 26.0 Å². The molecule has 2 aliphatic heterocycles. The van der Waals surface area contributed by atoms with Crippen molar-refractivity contribution in [3.05, 3.63) is 30.3 Å². The molecule has 1 aromatic rings. The van der Waals surface area contributed by atoms with Crippen LogP contribution in [0, 0.1) is 0 Å². The van der Waals surface area contributed by atoms with E-state index in [2.05, 4.69) is 5.32 Å². The first-order chi connectivity index (χ1) is 13.2. The Kier molecular flexibility index (Phi) is 6.43. The van der Waals surface area contributed by atoms with E-state index in [4.69, 9.17) is 0 Å². The number of carbonyl (C=O) groups is 1. The second-order valence-corrected chi connectivity index (χ2v) is 11.3. The molecule has 1 N–H and O–H groups in total. The van der Waals surface area contributed by atoms with Crippen molar-refractivity contribution in [2.24, 2.45) is 0 Å². The Labute approximate surface area is 167 Å². The molecule has 0 aromatic heterocycles. The van der Waals surface area contributed by atoms with Gasteiger partial charge in [0.25, 0.3) is 0 Å². The number of benzene rings is 1. The molecule has 0 aliphatic carbocycles. The summed E-state index contributed by atoms with van der Waals surface area (Å²) in [5, 5.41) is 2.89. The first-order valence-electron chi connectivity index (χ1n) is 9.52. The van der Waals surface area contributed by atoms with Gasteiger partial charge in [0.05, 0.1) is 11.2 Å². The predicted octanol–water partition coefficient (Wildman–Crippen LogP) is 0.770. The minimum absolute atomic E-state index is 0.176. The van der Waals surface area contributed by atoms with Gasteiger partial charge in [0.1, 0.15) is 6.04 Å². The largest absolute Gasteiger partial charge is 0.351 e. The number of hydrogen-bond acceptors (Lipinski definition) is 5. The second-order valence-electron chi connectivity index (χ2n) is 7.41. The number of nitrogens with zero attached hydrogens (tertiary/aromatic N) is 2. The molecule has 8 nitrogen and oxygen atoms in total. The van der Waals surface area contributed by atoms with Gasteiger partial charge in [-0.2, -0.15) is 4.31 Å². The van der Waals surface area contributed by atoms with Crippen LogP contribution in [0.2, 0.25) is 0 Å². The fourth-order valence-corrected chi connectivity index (χ4v) is 6.43. The van der Waals surface area contributed by atoms with Gasteiger partial charge in [-0.3, -0.25) is 4.79 Å². The van der Waals surface area contributed by atoms with Crippen molar-refractivity contribution in [3.63, 3.8) is 0 Å². The van der Waals surface area contributed by atoms with Crippen LogP contribution in [0.25, 0.3) is 0 Å². The Bertz CT molecular complexity index is 902. The van der Waals surface area contributed by atoms with Crippen molar-refractivity contribution in [3.8, 4) is 0 Å². The van der Waals surface area contributed by atoms with E-state index in [0.717, 1.165) is 12.7 Å². The smallest absolute Gasteiger partial charge is 0.243 e. The standard InChI is InChI=1S/C18H27N3O5S2/c1-27(23,24)20-12-7-8-15(14-20)19-18(22)17-11-5-6-13-21(17)28(25,26)16-9-3-2-4-10-16/h2-4,9-10,15,17H,5-8,11-14H2,1H3,(H,19,22). The lowest BCUT2D eigenvalue weighted by molar-refractivity contribution is -0.126. The highest BCUT2D eigenvalue weighted by atomic mass is 32.2. The fourth-order valence-electron chi connectivity index (χ4n) is 3.84. The van der Waals surface area contributed by atoms with Crippen molar-refractivity contribution >= 4 is 26.0 Å². The summed E-state index contributed by atoms with van der Waals surface area (Å²) in [6.07, 6.45) is 4.44. The molecular formula is C18H27N3O5S2. The van der Waals surface area contributed by atoms with Crippen LogP contribution >= 0.6 is 0 Å². The maximum atomic E-state index is 13.0. The average molecular weight is 430 g/mol. The van der Waals surface area contributed by atoms with Gasteiger partial charge in [-0.25, -0.2) is 21.1 Å². The Balaban J connectivity index is 1.74. The van der Waals surface area contributed by atoms with Crippen LogP contribution in [0.4, 0.5) is 0 Å². The van der Waals surface area contributed by atoms with Crippen molar-refractivity contribution in [1.29, 1.82) is 0 Å². The zero-order valence-corrected chi connectivity index (χ0v) is 17.6. The molecule has 2 aliphatic rings. The Morgan fingerprint density at radius 3 is 2.39 bits per heavy atom. The quantitative estimate of drug-likeness (QED) is 0.745. The van der Waals surface area contributed by atoms with Crippen molar-refractivity contribution in [1.82, 2.24) is 13.9 Å². The molecule has 2 atom stereocenters. The molecule has 2 heterocycles. The summed E-state index contributed by atoms with van der Waals surface area (Å²) in [7, 11) is -7.08. The second kappa shape index (κ2) is 8.48. The van der Waals surface area contributed by atoms with E-state index in [1.165, 1.54) is 20.7 Å². The Morgan fingerprint density at radius 1 is 1.00 bits per heavy atom. The van der Waals surface area contributed by atoms with E-state index >= 15 is 0 Å². The number of hydrogen-bond donors (Lipinski definition) is 1. The third kappa shape index (κ3) is 4.73. The van der Waals surface area contributed by atoms with Crippen LogP contribution in [0.3, 0.4) is 0 Å². The highest BCUT2D eigenvalue weighted by molar-refractivity contribution is 7.89. The summed E-state index contributed by atoms with van der Waals surface area (Å²) >= 11 is 0. The van der Waals surface area contributed by atoms with E-state index in [1.807, 2.05) is 0 Å². The van der Waals surface area contributed by atoms with Gasteiger partial charge in [0.15, 0.2) is 0 Å². The number of piperidine rings is 2. The molecule has 2 unspecified atom stereocenters. The van der Waals surface area contributed by atoms with Crippen LogP contribution in [-0.4, -0.2) is 69.3 Å². The van der Waals surface area contributed by atoms with E-state index in [-0.39, 0.29) is 23.4 Å². The van der Waals surface area contributed by atoms with Crippen LogP contribution in [0.5, 0.6) is 0 Å². The molecule has 0 saturated carbocycles. The lowest BCUT2D eigenvalue weighted by Gasteiger charge is -2.36. The van der Waals surface area contributed by atoms with Gasteiger partial charge in [0, 0.05) is 25.7 Å². The molecule has 156 valence electrons. The number of sulfonamides is 2. The van der Waals surface area contributed by atoms with Crippen molar-refractivity contribution in [2.45, 2.75) is 49.1 Å². The van der Waals surface area contributed by atoms with Crippen molar-refractivity contribution in [2.75, 3.05) is 25.9 Å². The predicted molar refractivity (Wildman–Crippen MR) is 106 cm³/mol. The molecular weight excluding hydrogens is 402 g/mol. The number of carbonyl (C=O) groups excluding carboxylic acids is 1. The van der Waals surface area contributed by atoms with E-state index < -0.39 is 26.1 Å². The lowest BCUT2D eigenvalue weighted by atomic mass is 10.0. The van der Waals surface area contributed by atoms with Crippen LogP contribution in [0.1, 0.15) is 32.1 Å². The van der Waals surface area contributed by atoms with Gasteiger partial charge < -0.3 is 5.32 Å². The molecule has 0 spiro atoms. The maximum absolute atomic E-state index is 13.0. The first-order valence-corrected chi connectivity index (χ1v) is 12.8. The van der Waals surface area contributed by atoms with Gasteiger partial charge >= 0.3 is 0 Å². The molecule has 28 heavy (non-hydrogen) atoms. The summed E-state index contributed by atoms with van der Waals surface area (Å²) < 4.78 is 52.3. The number of amides is 1. The molecule has 1 aromatic carbocycles. The third-order valence-corrected chi connectivity index (χ3v) is 8.50. The van der Waals surface area contributed by atoms with E-state index in [9.17, 15) is 21.6 Å². The molecule has 0 bridgehead atoms. The lowest BCUT2D eigenvalue weighted by Crippen LogP contribution is -2.56. The molecule has 1 amide bonds. The van der Waals surface area contributed by atoms with Crippen LogP contribution < -0.4 is 5.32 Å². The number of rotatable bonds is 5. The summed E-state index contributed by atoms with van der Waals surface area (Å²) in [4.78, 5) is 13.1. The minimum atomic E-state index is -3.76. The van der Waals surface area contributed by atoms with Gasteiger partial charge in [-0.05, 0) is 37.8 Å². The highest BCUT2D eigenvalue weighted by Crippen LogP contribution is 2.26. The van der Waals surface area contributed by atoms with Gasteiger partial charge in [-0.15, -0.1) is 0 Å². The topological polar surface area (TPSA) is 104 Å². The number of nitrogens with one attached hydrogen (secondary N) is 1. The Morgan fingerprint density at radius 2 is 1.71 bits per heavy atom. The molecule has 3 rings (SSSR count). The zero-order chi connectivity index (χ0) is 20.4. The normalized spacial score (nSPS) is 25.3. The monoisotopic (exact) mass is 429 g/mol. The summed E-state index contributed by atoms with van der Waals surface area (Å²) in [5.74, 6) is -0.348. The highest BCUT2D eigenvalue weighted by Gasteiger charge is 2.38.